The fourth-order valence-electron chi connectivity index (χ4n) is 2.66. The van der Waals surface area contributed by atoms with Gasteiger partial charge in [-0.1, -0.05) is 32.9 Å². The highest BCUT2D eigenvalue weighted by Gasteiger charge is 2.35. The molecule has 0 atom stereocenters. The number of nitrogens with zero attached hydrogens (tertiary/aromatic N) is 1. The van der Waals surface area contributed by atoms with Crippen LogP contribution in [0.4, 0.5) is 0 Å². The van der Waals surface area contributed by atoms with Gasteiger partial charge < -0.3 is 10.2 Å². The summed E-state index contributed by atoms with van der Waals surface area (Å²) in [6, 6.07) is 4.57. The smallest absolute Gasteiger partial charge is 0.126 e. The van der Waals surface area contributed by atoms with Crippen LogP contribution >= 0.6 is 0 Å². The molecule has 0 unspecified atom stereocenters. The van der Waals surface area contributed by atoms with Crippen molar-refractivity contribution in [3.8, 4) is 11.5 Å². The Kier molecular flexibility index (Phi) is 4.55. The van der Waals surface area contributed by atoms with Crippen LogP contribution in [0.3, 0.4) is 0 Å². The van der Waals surface area contributed by atoms with Crippen LogP contribution < -0.4 is 0 Å². The number of phenols is 2. The normalized spacial score (nSPS) is 21.0. The predicted molar refractivity (Wildman–Crippen MR) is 92.2 cm³/mol. The maximum atomic E-state index is 9.86. The van der Waals surface area contributed by atoms with Crippen LogP contribution in [0.15, 0.2) is 52.7 Å². The summed E-state index contributed by atoms with van der Waals surface area (Å²) in [5.41, 5.74) is 3.73. The lowest BCUT2D eigenvalue weighted by Gasteiger charge is -2.21. The van der Waals surface area contributed by atoms with Gasteiger partial charge in [0.15, 0.2) is 0 Å². The third-order valence-electron chi connectivity index (χ3n) is 3.95. The molecule has 0 saturated heterocycles. The fourth-order valence-corrected chi connectivity index (χ4v) is 2.66. The number of allylic oxidation sites excluding steroid dienone is 4. The fraction of sp³-hybridized carbons (Fsp3) is 0.316. The summed E-state index contributed by atoms with van der Waals surface area (Å²) >= 11 is 0. The average molecular weight is 297 g/mol. The molecule has 1 aliphatic rings. The maximum absolute atomic E-state index is 9.86. The van der Waals surface area contributed by atoms with Gasteiger partial charge in [-0.05, 0) is 43.2 Å². The Morgan fingerprint density at radius 1 is 1.18 bits per heavy atom. The van der Waals surface area contributed by atoms with Gasteiger partial charge in [0.2, 0.25) is 0 Å². The lowest BCUT2D eigenvalue weighted by Crippen LogP contribution is -2.20. The molecular formula is C19H23NO2. The Bertz CT molecular complexity index is 691. The van der Waals surface area contributed by atoms with Gasteiger partial charge in [0, 0.05) is 17.0 Å². The van der Waals surface area contributed by atoms with Gasteiger partial charge in [-0.25, -0.2) is 0 Å². The molecule has 1 aliphatic heterocycles. The van der Waals surface area contributed by atoms with Crippen molar-refractivity contribution >= 4 is 11.8 Å². The van der Waals surface area contributed by atoms with Crippen LogP contribution in [0, 0.1) is 5.41 Å². The summed E-state index contributed by atoms with van der Waals surface area (Å²) in [5, 5.41) is 19.2. The molecule has 2 N–H and O–H groups in total. The Balaban J connectivity index is 2.37. The maximum Gasteiger partial charge on any atom is 0.126 e. The topological polar surface area (TPSA) is 52.8 Å². The Hall–Kier alpha value is -2.29. The van der Waals surface area contributed by atoms with Gasteiger partial charge >= 0.3 is 0 Å². The van der Waals surface area contributed by atoms with Crippen molar-refractivity contribution in [3.05, 3.63) is 53.3 Å². The lowest BCUT2D eigenvalue weighted by atomic mass is 9.80. The van der Waals surface area contributed by atoms with Crippen LogP contribution in [0.2, 0.25) is 0 Å². The first kappa shape index (κ1) is 16.1. The van der Waals surface area contributed by atoms with E-state index >= 15 is 0 Å². The lowest BCUT2D eigenvalue weighted by molar-refractivity contribution is 0.450. The van der Waals surface area contributed by atoms with Crippen molar-refractivity contribution in [2.24, 2.45) is 10.4 Å². The zero-order valence-electron chi connectivity index (χ0n) is 13.6. The summed E-state index contributed by atoms with van der Waals surface area (Å²) in [6.45, 7) is 8.44. The second-order valence-electron chi connectivity index (χ2n) is 5.90. The summed E-state index contributed by atoms with van der Waals surface area (Å²) in [7, 11) is 0. The quantitative estimate of drug-likeness (QED) is 0.839. The molecular weight excluding hydrogens is 274 g/mol. The predicted octanol–water partition coefficient (Wildman–Crippen LogP) is 4.83. The highest BCUT2D eigenvalue weighted by Crippen LogP contribution is 2.41. The van der Waals surface area contributed by atoms with Crippen LogP contribution in [0.5, 0.6) is 11.5 Å². The van der Waals surface area contributed by atoms with E-state index in [2.05, 4.69) is 26.8 Å². The molecule has 3 nitrogen and oxygen atoms in total. The van der Waals surface area contributed by atoms with Crippen molar-refractivity contribution in [1.82, 2.24) is 0 Å². The summed E-state index contributed by atoms with van der Waals surface area (Å²) in [6.07, 6.45) is 8.99. The van der Waals surface area contributed by atoms with Crippen LogP contribution in [-0.2, 0) is 0 Å². The Morgan fingerprint density at radius 2 is 1.91 bits per heavy atom. The molecule has 0 amide bonds. The van der Waals surface area contributed by atoms with Crippen molar-refractivity contribution in [3.63, 3.8) is 0 Å². The van der Waals surface area contributed by atoms with Crippen molar-refractivity contribution in [2.75, 3.05) is 0 Å². The van der Waals surface area contributed by atoms with E-state index in [4.69, 9.17) is 4.99 Å². The zero-order valence-corrected chi connectivity index (χ0v) is 13.6. The third kappa shape index (κ3) is 2.98. The van der Waals surface area contributed by atoms with E-state index in [0.29, 0.717) is 5.56 Å². The zero-order chi connectivity index (χ0) is 16.3. The van der Waals surface area contributed by atoms with E-state index in [1.807, 2.05) is 25.2 Å². The molecule has 116 valence electrons. The third-order valence-corrected chi connectivity index (χ3v) is 3.95. The largest absolute Gasteiger partial charge is 0.508 e. The van der Waals surface area contributed by atoms with Crippen molar-refractivity contribution in [1.29, 1.82) is 0 Å². The summed E-state index contributed by atoms with van der Waals surface area (Å²) in [5.74, 6) is 0.112. The monoisotopic (exact) mass is 297 g/mol. The van der Waals surface area contributed by atoms with E-state index in [9.17, 15) is 10.2 Å². The second-order valence-corrected chi connectivity index (χ2v) is 5.90. The van der Waals surface area contributed by atoms with Crippen molar-refractivity contribution < 1.29 is 10.2 Å². The molecule has 22 heavy (non-hydrogen) atoms. The minimum atomic E-state index is -0.152. The molecule has 0 aromatic heterocycles. The number of benzene rings is 1. The number of hydrogen-bond donors (Lipinski definition) is 2. The number of phenolic OH excluding ortho intramolecular Hbond substituents is 2. The van der Waals surface area contributed by atoms with Crippen LogP contribution in [-0.4, -0.2) is 15.9 Å². The molecule has 1 aromatic rings. The minimum absolute atomic E-state index is 0.0533. The number of aliphatic imine (C=N–C) groups is 1. The Morgan fingerprint density at radius 3 is 2.50 bits per heavy atom. The number of rotatable bonds is 3. The van der Waals surface area contributed by atoms with Gasteiger partial charge in [0.1, 0.15) is 11.5 Å². The first-order valence-electron chi connectivity index (χ1n) is 7.56. The summed E-state index contributed by atoms with van der Waals surface area (Å²) < 4.78 is 0. The molecule has 0 spiro atoms. The van der Waals surface area contributed by atoms with Crippen LogP contribution in [0.1, 0.15) is 39.7 Å². The SMILES string of the molecule is C/C=C1N=C(/C=C/c2ccc(O)cc2O)C(C)(C)C/1=C/CC. The molecule has 0 radical (unpaired) electrons. The first-order valence-corrected chi connectivity index (χ1v) is 7.56. The van der Waals surface area contributed by atoms with E-state index in [1.54, 1.807) is 12.1 Å². The molecule has 1 aromatic carbocycles. The van der Waals surface area contributed by atoms with E-state index in [1.165, 1.54) is 11.6 Å². The number of aromatic hydroxyl groups is 2. The standard InChI is InChI=1S/C19H23NO2/c1-5-7-15-16(6-2)20-18(19(15,3)4)11-9-13-8-10-14(21)12-17(13)22/h6-12,21-22H,5H2,1-4H3/b11-9+,15-7+,16-6+. The highest BCUT2D eigenvalue weighted by molar-refractivity contribution is 6.07. The molecule has 0 saturated carbocycles. The molecule has 0 aliphatic carbocycles. The van der Waals surface area contributed by atoms with Gasteiger partial charge in [-0.3, -0.25) is 4.99 Å². The van der Waals surface area contributed by atoms with Crippen molar-refractivity contribution in [2.45, 2.75) is 34.1 Å². The first-order chi connectivity index (χ1) is 10.4. The van der Waals surface area contributed by atoms with Gasteiger partial charge in [-0.2, -0.15) is 0 Å². The van der Waals surface area contributed by atoms with E-state index in [0.717, 1.165) is 17.8 Å². The molecule has 2 rings (SSSR count). The van der Waals surface area contributed by atoms with Crippen LogP contribution in [0.25, 0.3) is 6.08 Å². The molecule has 0 fully saturated rings. The molecule has 3 heteroatoms. The minimum Gasteiger partial charge on any atom is -0.508 e. The van der Waals surface area contributed by atoms with Gasteiger partial charge in [0.05, 0.1) is 11.4 Å². The van der Waals surface area contributed by atoms with Gasteiger partial charge in [-0.15, -0.1) is 0 Å². The van der Waals surface area contributed by atoms with E-state index < -0.39 is 0 Å². The Labute approximate surface area is 132 Å². The molecule has 0 bridgehead atoms. The van der Waals surface area contributed by atoms with E-state index in [-0.39, 0.29) is 16.9 Å². The second kappa shape index (κ2) is 6.22. The average Bonchev–Trinajstić information content (AvgIpc) is 2.70. The number of hydrogen-bond acceptors (Lipinski definition) is 3. The summed E-state index contributed by atoms with van der Waals surface area (Å²) in [4.78, 5) is 4.71. The highest BCUT2D eigenvalue weighted by atomic mass is 16.3. The van der Waals surface area contributed by atoms with Gasteiger partial charge in [0.25, 0.3) is 0 Å². The molecule has 1 heterocycles.